The van der Waals surface area contributed by atoms with Crippen molar-refractivity contribution in [2.75, 3.05) is 19.9 Å². The van der Waals surface area contributed by atoms with Gasteiger partial charge in [-0.2, -0.15) is 0 Å². The zero-order valence-corrected chi connectivity index (χ0v) is 12.0. The number of hydrogen-bond donors (Lipinski definition) is 1. The normalized spacial score (nSPS) is 23.3. The van der Waals surface area contributed by atoms with Gasteiger partial charge in [-0.25, -0.2) is 0 Å². The van der Waals surface area contributed by atoms with E-state index in [1.807, 2.05) is 0 Å². The van der Waals surface area contributed by atoms with Crippen LogP contribution in [0.5, 0.6) is 5.75 Å². The zero-order chi connectivity index (χ0) is 12.4. The summed E-state index contributed by atoms with van der Waals surface area (Å²) < 4.78 is 12.0. The minimum absolute atomic E-state index is 0.374. The first-order valence-corrected chi connectivity index (χ1v) is 7.35. The molecule has 2 aliphatic heterocycles. The molecule has 1 saturated heterocycles. The lowest BCUT2D eigenvalue weighted by Gasteiger charge is -2.24. The van der Waals surface area contributed by atoms with Crippen LogP contribution in [-0.2, 0) is 17.8 Å². The molecule has 0 aliphatic carbocycles. The fourth-order valence-corrected chi connectivity index (χ4v) is 3.26. The highest BCUT2D eigenvalue weighted by Crippen LogP contribution is 2.32. The highest BCUT2D eigenvalue weighted by Gasteiger charge is 2.18. The van der Waals surface area contributed by atoms with Crippen molar-refractivity contribution in [2.24, 2.45) is 5.92 Å². The maximum atomic E-state index is 5.55. The molecule has 1 unspecified atom stereocenters. The van der Waals surface area contributed by atoms with Crippen LogP contribution in [-0.4, -0.2) is 19.9 Å². The SMILES string of the molecule is Brc1cc2c(cc1CC1CCCNC1)OCOC2. The summed E-state index contributed by atoms with van der Waals surface area (Å²) >= 11 is 3.67. The van der Waals surface area contributed by atoms with Crippen LogP contribution in [0.3, 0.4) is 0 Å². The van der Waals surface area contributed by atoms with Gasteiger partial charge in [0.2, 0.25) is 0 Å². The average molecular weight is 312 g/mol. The van der Waals surface area contributed by atoms with E-state index in [4.69, 9.17) is 9.47 Å². The highest BCUT2D eigenvalue weighted by molar-refractivity contribution is 9.10. The molecule has 2 heterocycles. The largest absolute Gasteiger partial charge is 0.467 e. The van der Waals surface area contributed by atoms with Crippen molar-refractivity contribution < 1.29 is 9.47 Å². The maximum absolute atomic E-state index is 5.55. The molecule has 1 N–H and O–H groups in total. The number of piperidine rings is 1. The van der Waals surface area contributed by atoms with Gasteiger partial charge in [0.05, 0.1) is 6.61 Å². The van der Waals surface area contributed by atoms with Crippen LogP contribution in [0.25, 0.3) is 0 Å². The van der Waals surface area contributed by atoms with Crippen LogP contribution >= 0.6 is 15.9 Å². The first kappa shape index (κ1) is 12.5. The second kappa shape index (κ2) is 5.59. The molecule has 0 amide bonds. The molecule has 2 aliphatic rings. The Morgan fingerprint density at radius 1 is 1.39 bits per heavy atom. The van der Waals surface area contributed by atoms with Crippen LogP contribution < -0.4 is 10.1 Å². The number of hydrogen-bond acceptors (Lipinski definition) is 3. The fraction of sp³-hybridized carbons (Fsp3) is 0.571. The average Bonchev–Trinajstić information content (AvgIpc) is 2.41. The van der Waals surface area contributed by atoms with Crippen molar-refractivity contribution in [3.63, 3.8) is 0 Å². The van der Waals surface area contributed by atoms with E-state index in [0.29, 0.717) is 13.4 Å². The molecule has 1 fully saturated rings. The molecule has 1 atom stereocenters. The number of ether oxygens (including phenoxy) is 2. The Morgan fingerprint density at radius 2 is 2.33 bits per heavy atom. The monoisotopic (exact) mass is 311 g/mol. The van der Waals surface area contributed by atoms with Crippen LogP contribution in [0.4, 0.5) is 0 Å². The maximum Gasteiger partial charge on any atom is 0.189 e. The van der Waals surface area contributed by atoms with Crippen molar-refractivity contribution >= 4 is 15.9 Å². The van der Waals surface area contributed by atoms with Crippen molar-refractivity contribution in [1.29, 1.82) is 0 Å². The van der Waals surface area contributed by atoms with E-state index in [2.05, 4.69) is 33.4 Å². The minimum Gasteiger partial charge on any atom is -0.467 e. The molecule has 3 rings (SSSR count). The van der Waals surface area contributed by atoms with Gasteiger partial charge in [-0.3, -0.25) is 0 Å². The smallest absolute Gasteiger partial charge is 0.189 e. The summed E-state index contributed by atoms with van der Waals surface area (Å²) in [7, 11) is 0. The Bertz CT molecular complexity index is 430. The molecule has 98 valence electrons. The predicted octanol–water partition coefficient (Wildman–Crippen LogP) is 2.86. The summed E-state index contributed by atoms with van der Waals surface area (Å²) in [6, 6.07) is 4.32. The van der Waals surface area contributed by atoms with E-state index in [1.165, 1.54) is 29.4 Å². The van der Waals surface area contributed by atoms with E-state index < -0.39 is 0 Å². The van der Waals surface area contributed by atoms with Gasteiger partial charge in [-0.15, -0.1) is 0 Å². The third kappa shape index (κ3) is 2.71. The van der Waals surface area contributed by atoms with Crippen LogP contribution in [0.2, 0.25) is 0 Å². The van der Waals surface area contributed by atoms with Gasteiger partial charge in [-0.05, 0) is 56.0 Å². The van der Waals surface area contributed by atoms with Gasteiger partial charge < -0.3 is 14.8 Å². The predicted molar refractivity (Wildman–Crippen MR) is 73.7 cm³/mol. The van der Waals surface area contributed by atoms with Crippen molar-refractivity contribution in [3.8, 4) is 5.75 Å². The standard InChI is InChI=1S/C14H18BrNO2/c15-13-5-12-8-17-9-18-14(12)6-11(13)4-10-2-1-3-16-7-10/h5-6,10,16H,1-4,7-9H2. The number of benzene rings is 1. The molecular weight excluding hydrogens is 294 g/mol. The summed E-state index contributed by atoms with van der Waals surface area (Å²) in [4.78, 5) is 0. The molecule has 0 radical (unpaired) electrons. The molecule has 0 aromatic heterocycles. The second-order valence-electron chi connectivity index (χ2n) is 5.08. The third-order valence-electron chi connectivity index (χ3n) is 3.69. The first-order valence-electron chi connectivity index (χ1n) is 6.55. The summed E-state index contributed by atoms with van der Waals surface area (Å²) in [5.74, 6) is 1.73. The quantitative estimate of drug-likeness (QED) is 0.911. The van der Waals surface area contributed by atoms with Gasteiger partial charge in [0.1, 0.15) is 5.75 Å². The molecule has 0 bridgehead atoms. The van der Waals surface area contributed by atoms with Crippen LogP contribution in [0.1, 0.15) is 24.0 Å². The summed E-state index contributed by atoms with van der Waals surface area (Å²) in [6.07, 6.45) is 3.73. The van der Waals surface area contributed by atoms with Crippen molar-refractivity contribution in [1.82, 2.24) is 5.32 Å². The summed E-state index contributed by atoms with van der Waals surface area (Å²) in [5.41, 5.74) is 2.49. The number of fused-ring (bicyclic) bond motifs is 1. The Hall–Kier alpha value is -0.580. The molecule has 18 heavy (non-hydrogen) atoms. The van der Waals surface area contributed by atoms with Gasteiger partial charge in [0, 0.05) is 10.0 Å². The van der Waals surface area contributed by atoms with Crippen molar-refractivity contribution in [2.45, 2.75) is 25.9 Å². The number of rotatable bonds is 2. The van der Waals surface area contributed by atoms with E-state index in [0.717, 1.165) is 30.2 Å². The van der Waals surface area contributed by atoms with Gasteiger partial charge in [-0.1, -0.05) is 15.9 Å². The van der Waals surface area contributed by atoms with E-state index in [-0.39, 0.29) is 0 Å². The number of nitrogens with one attached hydrogen (secondary N) is 1. The summed E-state index contributed by atoms with van der Waals surface area (Å²) in [5, 5.41) is 3.47. The lowest BCUT2D eigenvalue weighted by Crippen LogP contribution is -2.30. The Kier molecular flexibility index (Phi) is 3.87. The van der Waals surface area contributed by atoms with E-state index in [1.54, 1.807) is 0 Å². The molecular formula is C14H18BrNO2. The lowest BCUT2D eigenvalue weighted by molar-refractivity contribution is -0.0164. The number of halogens is 1. The molecule has 0 spiro atoms. The van der Waals surface area contributed by atoms with Gasteiger partial charge >= 0.3 is 0 Å². The van der Waals surface area contributed by atoms with Crippen LogP contribution in [0.15, 0.2) is 16.6 Å². The van der Waals surface area contributed by atoms with E-state index in [9.17, 15) is 0 Å². The zero-order valence-electron chi connectivity index (χ0n) is 10.4. The fourth-order valence-electron chi connectivity index (χ4n) is 2.71. The van der Waals surface area contributed by atoms with E-state index >= 15 is 0 Å². The first-order chi connectivity index (χ1) is 8.83. The lowest BCUT2D eigenvalue weighted by atomic mass is 9.92. The Balaban J connectivity index is 1.78. The highest BCUT2D eigenvalue weighted by atomic mass is 79.9. The molecule has 3 nitrogen and oxygen atoms in total. The molecule has 1 aromatic carbocycles. The summed E-state index contributed by atoms with van der Waals surface area (Å²) in [6.45, 7) is 3.33. The topological polar surface area (TPSA) is 30.5 Å². The molecule has 4 heteroatoms. The molecule has 0 saturated carbocycles. The third-order valence-corrected chi connectivity index (χ3v) is 4.43. The molecule has 1 aromatic rings. The van der Waals surface area contributed by atoms with Gasteiger partial charge in [0.15, 0.2) is 6.79 Å². The minimum atomic E-state index is 0.374. The Labute approximate surface area is 116 Å². The van der Waals surface area contributed by atoms with Crippen LogP contribution in [0, 0.1) is 5.92 Å². The van der Waals surface area contributed by atoms with Crippen molar-refractivity contribution in [3.05, 3.63) is 27.7 Å². The second-order valence-corrected chi connectivity index (χ2v) is 5.93. The van der Waals surface area contributed by atoms with Gasteiger partial charge in [0.25, 0.3) is 0 Å². The Morgan fingerprint density at radius 3 is 3.17 bits per heavy atom.